The molecule has 0 aliphatic carbocycles. The molecule has 0 fully saturated rings. The van der Waals surface area contributed by atoms with E-state index in [1.807, 2.05) is 29.0 Å². The Kier molecular flexibility index (Phi) is 3.23. The normalized spacial score (nSPS) is 10.9. The van der Waals surface area contributed by atoms with Crippen LogP contribution in [0.4, 0.5) is 5.13 Å². The fourth-order valence-electron chi connectivity index (χ4n) is 2.04. The lowest BCUT2D eigenvalue weighted by molar-refractivity contribution is 0.102. The zero-order chi connectivity index (χ0) is 14.1. The van der Waals surface area contributed by atoms with Crippen LogP contribution in [-0.4, -0.2) is 20.4 Å². The Morgan fingerprint density at radius 1 is 1.45 bits per heavy atom. The van der Waals surface area contributed by atoms with Crippen LogP contribution in [0.3, 0.4) is 0 Å². The second-order valence-electron chi connectivity index (χ2n) is 4.48. The number of benzene rings is 1. The first-order valence-electron chi connectivity index (χ1n) is 6.35. The number of nitrogens with zero attached hydrogens (tertiary/aromatic N) is 3. The van der Waals surface area contributed by atoms with Crippen LogP contribution >= 0.6 is 11.3 Å². The molecule has 2 heterocycles. The number of aryl methyl sites for hydroxylation is 2. The summed E-state index contributed by atoms with van der Waals surface area (Å²) < 4.78 is 2.04. The van der Waals surface area contributed by atoms with Gasteiger partial charge in [0.15, 0.2) is 5.13 Å². The zero-order valence-electron chi connectivity index (χ0n) is 11.3. The molecule has 0 spiro atoms. The zero-order valence-corrected chi connectivity index (χ0v) is 12.1. The van der Waals surface area contributed by atoms with Gasteiger partial charge < -0.3 is 4.57 Å². The lowest BCUT2D eigenvalue weighted by Crippen LogP contribution is -2.11. The third-order valence-corrected chi connectivity index (χ3v) is 3.94. The summed E-state index contributed by atoms with van der Waals surface area (Å²) in [6.45, 7) is 4.82. The van der Waals surface area contributed by atoms with Gasteiger partial charge in [-0.2, -0.15) is 0 Å². The molecular formula is C14H14N4OS. The van der Waals surface area contributed by atoms with Crippen molar-refractivity contribution in [3.8, 4) is 0 Å². The summed E-state index contributed by atoms with van der Waals surface area (Å²) in [6, 6.07) is 5.54. The van der Waals surface area contributed by atoms with Crippen LogP contribution in [0.5, 0.6) is 0 Å². The molecule has 0 aliphatic heterocycles. The van der Waals surface area contributed by atoms with Gasteiger partial charge in [0.2, 0.25) is 0 Å². The molecule has 2 aromatic heterocycles. The predicted octanol–water partition coefficient (Wildman–Crippen LogP) is 3.07. The van der Waals surface area contributed by atoms with Crippen LogP contribution < -0.4 is 5.32 Å². The Morgan fingerprint density at radius 3 is 3.00 bits per heavy atom. The van der Waals surface area contributed by atoms with Crippen molar-refractivity contribution < 1.29 is 4.79 Å². The molecule has 0 saturated heterocycles. The average Bonchev–Trinajstić information content (AvgIpc) is 3.03. The first kappa shape index (κ1) is 12.8. The van der Waals surface area contributed by atoms with Gasteiger partial charge >= 0.3 is 0 Å². The largest absolute Gasteiger partial charge is 0.331 e. The molecule has 1 N–H and O–H groups in total. The third kappa shape index (κ3) is 2.30. The smallest absolute Gasteiger partial charge is 0.257 e. The number of aromatic nitrogens is 3. The first-order valence-corrected chi connectivity index (χ1v) is 7.23. The number of nitrogens with one attached hydrogen (secondary N) is 1. The number of hydrogen-bond donors (Lipinski definition) is 1. The standard InChI is InChI=1S/C14H14N4OS/c1-3-18-8-15-11-6-10(4-5-12(11)18)13(19)17-14-16-9(2)7-20-14/h4-8H,3H2,1-2H3,(H,16,17,19). The van der Waals surface area contributed by atoms with Crippen molar-refractivity contribution in [2.75, 3.05) is 5.32 Å². The van der Waals surface area contributed by atoms with Crippen molar-refractivity contribution in [1.29, 1.82) is 0 Å². The van der Waals surface area contributed by atoms with Crippen LogP contribution in [0.1, 0.15) is 23.0 Å². The van der Waals surface area contributed by atoms with Gasteiger partial charge in [-0.1, -0.05) is 0 Å². The Labute approximate surface area is 120 Å². The highest BCUT2D eigenvalue weighted by Crippen LogP contribution is 2.18. The van der Waals surface area contributed by atoms with E-state index in [0.29, 0.717) is 10.7 Å². The molecule has 5 nitrogen and oxygen atoms in total. The molecule has 1 amide bonds. The molecule has 3 aromatic rings. The van der Waals surface area contributed by atoms with Crippen molar-refractivity contribution in [3.63, 3.8) is 0 Å². The number of thiazole rings is 1. The van der Waals surface area contributed by atoms with Crippen molar-refractivity contribution >= 4 is 33.4 Å². The molecule has 0 atom stereocenters. The average molecular weight is 286 g/mol. The lowest BCUT2D eigenvalue weighted by atomic mass is 10.2. The van der Waals surface area contributed by atoms with E-state index in [0.717, 1.165) is 23.3 Å². The molecule has 0 radical (unpaired) electrons. The number of amides is 1. The Morgan fingerprint density at radius 2 is 2.30 bits per heavy atom. The van der Waals surface area contributed by atoms with E-state index in [-0.39, 0.29) is 5.91 Å². The fourth-order valence-corrected chi connectivity index (χ4v) is 2.72. The highest BCUT2D eigenvalue weighted by atomic mass is 32.1. The topological polar surface area (TPSA) is 59.8 Å². The molecule has 0 saturated carbocycles. The molecule has 6 heteroatoms. The number of imidazole rings is 1. The second-order valence-corrected chi connectivity index (χ2v) is 5.34. The summed E-state index contributed by atoms with van der Waals surface area (Å²) in [6.07, 6.45) is 1.79. The van der Waals surface area contributed by atoms with E-state index in [1.165, 1.54) is 11.3 Å². The van der Waals surface area contributed by atoms with E-state index in [2.05, 4.69) is 22.2 Å². The van der Waals surface area contributed by atoms with Crippen molar-refractivity contribution in [1.82, 2.24) is 14.5 Å². The van der Waals surface area contributed by atoms with Gasteiger partial charge in [0.05, 0.1) is 23.1 Å². The van der Waals surface area contributed by atoms with Crippen LogP contribution in [0, 0.1) is 6.92 Å². The molecule has 0 bridgehead atoms. The van der Waals surface area contributed by atoms with Gasteiger partial charge in [-0.25, -0.2) is 9.97 Å². The van der Waals surface area contributed by atoms with Crippen molar-refractivity contribution in [2.24, 2.45) is 0 Å². The van der Waals surface area contributed by atoms with Gasteiger partial charge in [-0.15, -0.1) is 11.3 Å². The summed E-state index contributed by atoms with van der Waals surface area (Å²) in [5, 5.41) is 5.32. The predicted molar refractivity (Wildman–Crippen MR) is 80.2 cm³/mol. The Balaban J connectivity index is 1.88. The highest BCUT2D eigenvalue weighted by Gasteiger charge is 2.10. The van der Waals surface area contributed by atoms with Gasteiger partial charge in [0.1, 0.15) is 0 Å². The fraction of sp³-hybridized carbons (Fsp3) is 0.214. The minimum atomic E-state index is -0.160. The molecule has 0 aliphatic rings. The number of fused-ring (bicyclic) bond motifs is 1. The van der Waals surface area contributed by atoms with Gasteiger partial charge in [0.25, 0.3) is 5.91 Å². The van der Waals surface area contributed by atoms with E-state index in [4.69, 9.17) is 0 Å². The van der Waals surface area contributed by atoms with Crippen LogP contribution in [0.2, 0.25) is 0 Å². The van der Waals surface area contributed by atoms with Crippen molar-refractivity contribution in [3.05, 3.63) is 41.2 Å². The van der Waals surface area contributed by atoms with Crippen molar-refractivity contribution in [2.45, 2.75) is 20.4 Å². The van der Waals surface area contributed by atoms with Gasteiger partial charge in [-0.3, -0.25) is 10.1 Å². The van der Waals surface area contributed by atoms with Crippen LogP contribution in [0.25, 0.3) is 11.0 Å². The Hall–Kier alpha value is -2.21. The SMILES string of the molecule is CCn1cnc2cc(C(=O)Nc3nc(C)cs3)ccc21. The molecular weight excluding hydrogens is 272 g/mol. The molecule has 102 valence electrons. The number of rotatable bonds is 3. The summed E-state index contributed by atoms with van der Waals surface area (Å²) >= 11 is 1.42. The van der Waals surface area contributed by atoms with E-state index >= 15 is 0 Å². The molecule has 1 aromatic carbocycles. The summed E-state index contributed by atoms with van der Waals surface area (Å²) in [4.78, 5) is 20.7. The van der Waals surface area contributed by atoms with Gasteiger partial charge in [0, 0.05) is 17.5 Å². The maximum atomic E-state index is 12.2. The molecule has 0 unspecified atom stereocenters. The summed E-state index contributed by atoms with van der Waals surface area (Å²) in [5.41, 5.74) is 3.36. The number of hydrogen-bond acceptors (Lipinski definition) is 4. The van der Waals surface area contributed by atoms with E-state index < -0.39 is 0 Å². The monoisotopic (exact) mass is 286 g/mol. The first-order chi connectivity index (χ1) is 9.67. The third-order valence-electron chi connectivity index (χ3n) is 3.06. The molecule has 20 heavy (non-hydrogen) atoms. The summed E-state index contributed by atoms with van der Waals surface area (Å²) in [7, 11) is 0. The number of carbonyl (C=O) groups is 1. The van der Waals surface area contributed by atoms with Crippen LogP contribution in [0.15, 0.2) is 29.9 Å². The summed E-state index contributed by atoms with van der Waals surface area (Å²) in [5.74, 6) is -0.160. The van der Waals surface area contributed by atoms with E-state index in [9.17, 15) is 4.79 Å². The number of anilines is 1. The minimum Gasteiger partial charge on any atom is -0.331 e. The highest BCUT2D eigenvalue weighted by molar-refractivity contribution is 7.13. The lowest BCUT2D eigenvalue weighted by Gasteiger charge is -2.03. The maximum Gasteiger partial charge on any atom is 0.257 e. The maximum absolute atomic E-state index is 12.2. The molecule has 3 rings (SSSR count). The Bertz CT molecular complexity index is 774. The minimum absolute atomic E-state index is 0.160. The van der Waals surface area contributed by atoms with E-state index in [1.54, 1.807) is 12.4 Å². The second kappa shape index (κ2) is 5.05. The quantitative estimate of drug-likeness (QED) is 0.805. The number of carbonyl (C=O) groups excluding carboxylic acids is 1. The van der Waals surface area contributed by atoms with Crippen LogP contribution in [-0.2, 0) is 6.54 Å². The van der Waals surface area contributed by atoms with Gasteiger partial charge in [-0.05, 0) is 32.0 Å².